The first-order valence-corrected chi connectivity index (χ1v) is 10.1. The molecule has 1 fully saturated rings. The van der Waals surface area contributed by atoms with Gasteiger partial charge in [-0.05, 0) is 37.1 Å². The molecule has 1 aliphatic rings. The molecule has 1 N–H and O–H groups in total. The molecule has 2 heterocycles. The van der Waals surface area contributed by atoms with Crippen LogP contribution >= 0.6 is 11.3 Å². The van der Waals surface area contributed by atoms with Gasteiger partial charge in [0.05, 0.1) is 33.6 Å². The number of hydrogen-bond acceptors (Lipinski definition) is 5. The molecule has 0 bridgehead atoms. The number of urea groups is 1. The van der Waals surface area contributed by atoms with Crippen LogP contribution < -0.4 is 5.32 Å². The molecule has 2 amide bonds. The monoisotopic (exact) mass is 395 g/mol. The number of fused-ring (bicyclic) bond motifs is 1. The first kappa shape index (κ1) is 18.4. The van der Waals surface area contributed by atoms with Crippen LogP contribution in [0.5, 0.6) is 0 Å². The van der Waals surface area contributed by atoms with Gasteiger partial charge in [0.25, 0.3) is 0 Å². The van der Waals surface area contributed by atoms with Gasteiger partial charge in [0.1, 0.15) is 0 Å². The van der Waals surface area contributed by atoms with Crippen molar-refractivity contribution in [1.29, 1.82) is 0 Å². The molecule has 6 nitrogen and oxygen atoms in total. The maximum Gasteiger partial charge on any atom is 0.339 e. The van der Waals surface area contributed by atoms with E-state index in [1.807, 2.05) is 18.2 Å². The third-order valence-electron chi connectivity index (χ3n) is 4.94. The van der Waals surface area contributed by atoms with E-state index in [1.54, 1.807) is 40.5 Å². The highest BCUT2D eigenvalue weighted by Crippen LogP contribution is 2.33. The van der Waals surface area contributed by atoms with Crippen LogP contribution in [0.2, 0.25) is 0 Å². The van der Waals surface area contributed by atoms with E-state index in [0.717, 1.165) is 23.4 Å². The minimum Gasteiger partial charge on any atom is -0.465 e. The smallest absolute Gasteiger partial charge is 0.339 e. The maximum atomic E-state index is 12.8. The van der Waals surface area contributed by atoms with Gasteiger partial charge in [-0.1, -0.05) is 24.3 Å². The molecule has 0 spiro atoms. The van der Waals surface area contributed by atoms with Gasteiger partial charge in [-0.3, -0.25) is 0 Å². The van der Waals surface area contributed by atoms with Gasteiger partial charge in [-0.25, -0.2) is 14.6 Å². The average Bonchev–Trinajstić information content (AvgIpc) is 3.18. The van der Waals surface area contributed by atoms with Crippen molar-refractivity contribution in [3.8, 4) is 0 Å². The summed E-state index contributed by atoms with van der Waals surface area (Å²) >= 11 is 1.70. The Morgan fingerprint density at radius 2 is 1.96 bits per heavy atom. The van der Waals surface area contributed by atoms with Crippen LogP contribution in [0.1, 0.15) is 34.1 Å². The van der Waals surface area contributed by atoms with Crippen LogP contribution in [-0.4, -0.2) is 42.1 Å². The molecule has 1 saturated heterocycles. The number of carbonyl (C=O) groups excluding carboxylic acids is 2. The number of rotatable bonds is 3. The summed E-state index contributed by atoms with van der Waals surface area (Å²) in [6, 6.07) is 14.8. The van der Waals surface area contributed by atoms with Gasteiger partial charge in [-0.2, -0.15) is 0 Å². The number of aromatic nitrogens is 1. The first-order chi connectivity index (χ1) is 13.7. The highest BCUT2D eigenvalue weighted by atomic mass is 32.1. The fourth-order valence-electron chi connectivity index (χ4n) is 3.50. The molecule has 7 heteroatoms. The quantitative estimate of drug-likeness (QED) is 0.663. The number of nitrogens with one attached hydrogen (secondary N) is 1. The largest absolute Gasteiger partial charge is 0.465 e. The standard InChI is InChI=1S/C21H21N3O3S/c1-27-20(25)15-8-2-3-9-16(15)23-21(26)24-12-6-7-14(13-24)19-22-17-10-4-5-11-18(17)28-19/h2-5,8-11,14H,6-7,12-13H2,1H3,(H,23,26). The van der Waals surface area contributed by atoms with Gasteiger partial charge in [0.15, 0.2) is 0 Å². The summed E-state index contributed by atoms with van der Waals surface area (Å²) in [7, 11) is 1.33. The summed E-state index contributed by atoms with van der Waals surface area (Å²) < 4.78 is 5.97. The highest BCUT2D eigenvalue weighted by molar-refractivity contribution is 7.18. The lowest BCUT2D eigenvalue weighted by atomic mass is 9.99. The van der Waals surface area contributed by atoms with E-state index in [1.165, 1.54) is 11.8 Å². The molecule has 144 valence electrons. The SMILES string of the molecule is COC(=O)c1ccccc1NC(=O)N1CCCC(c2nc3ccccc3s2)C1. The fraction of sp³-hybridized carbons (Fsp3) is 0.286. The number of methoxy groups -OCH3 is 1. The number of benzene rings is 2. The minimum atomic E-state index is -0.470. The van der Waals surface area contributed by atoms with Crippen molar-refractivity contribution in [3.63, 3.8) is 0 Å². The molecule has 0 radical (unpaired) electrons. The van der Waals surface area contributed by atoms with Gasteiger partial charge in [-0.15, -0.1) is 11.3 Å². The lowest BCUT2D eigenvalue weighted by Gasteiger charge is -2.32. The third-order valence-corrected chi connectivity index (χ3v) is 6.14. The van der Waals surface area contributed by atoms with E-state index in [4.69, 9.17) is 9.72 Å². The van der Waals surface area contributed by atoms with Crippen LogP contribution in [0.4, 0.5) is 10.5 Å². The molecule has 3 aromatic rings. The second-order valence-electron chi connectivity index (χ2n) is 6.77. The van der Waals surface area contributed by atoms with E-state index >= 15 is 0 Å². The average molecular weight is 395 g/mol. The molecule has 1 aromatic heterocycles. The topological polar surface area (TPSA) is 71.5 Å². The number of esters is 1. The Labute approximate surface area is 167 Å². The normalized spacial score (nSPS) is 16.8. The molecule has 1 unspecified atom stereocenters. The highest BCUT2D eigenvalue weighted by Gasteiger charge is 2.27. The van der Waals surface area contributed by atoms with Crippen molar-refractivity contribution < 1.29 is 14.3 Å². The summed E-state index contributed by atoms with van der Waals surface area (Å²) in [4.78, 5) is 31.3. The predicted octanol–water partition coefficient (Wildman–Crippen LogP) is 4.49. The molecule has 0 aliphatic carbocycles. The van der Waals surface area contributed by atoms with Crippen LogP contribution in [-0.2, 0) is 4.74 Å². The van der Waals surface area contributed by atoms with Gasteiger partial charge in [0, 0.05) is 19.0 Å². The van der Waals surface area contributed by atoms with E-state index in [-0.39, 0.29) is 11.9 Å². The summed E-state index contributed by atoms with van der Waals surface area (Å²) in [6.45, 7) is 1.31. The van der Waals surface area contributed by atoms with Crippen molar-refractivity contribution in [2.24, 2.45) is 0 Å². The van der Waals surface area contributed by atoms with Crippen LogP contribution in [0.25, 0.3) is 10.2 Å². The number of thiazole rings is 1. The van der Waals surface area contributed by atoms with E-state index in [0.29, 0.717) is 24.3 Å². The molecule has 0 saturated carbocycles. The van der Waals surface area contributed by atoms with E-state index in [2.05, 4.69) is 11.4 Å². The second-order valence-corrected chi connectivity index (χ2v) is 7.83. The van der Waals surface area contributed by atoms with Crippen molar-refractivity contribution >= 4 is 39.2 Å². The van der Waals surface area contributed by atoms with Crippen LogP contribution in [0.15, 0.2) is 48.5 Å². The number of likely N-dealkylation sites (tertiary alicyclic amines) is 1. The van der Waals surface area contributed by atoms with Crippen LogP contribution in [0.3, 0.4) is 0 Å². The Bertz CT molecular complexity index is 984. The van der Waals surface area contributed by atoms with Gasteiger partial charge in [0.2, 0.25) is 0 Å². The Balaban J connectivity index is 1.49. The molecule has 2 aromatic carbocycles. The molecule has 4 rings (SSSR count). The number of para-hydroxylation sites is 2. The Morgan fingerprint density at radius 1 is 1.18 bits per heavy atom. The Hall–Kier alpha value is -2.93. The van der Waals surface area contributed by atoms with Gasteiger partial charge < -0.3 is 15.0 Å². The second kappa shape index (κ2) is 7.98. The lowest BCUT2D eigenvalue weighted by molar-refractivity contribution is 0.0602. The summed E-state index contributed by atoms with van der Waals surface area (Å²) in [6.07, 6.45) is 1.94. The third kappa shape index (κ3) is 3.71. The first-order valence-electron chi connectivity index (χ1n) is 9.24. The number of hydrogen-bond donors (Lipinski definition) is 1. The van der Waals surface area contributed by atoms with Crippen molar-refractivity contribution in [2.75, 3.05) is 25.5 Å². The molecule has 28 heavy (non-hydrogen) atoms. The zero-order chi connectivity index (χ0) is 19.5. The number of nitrogens with zero attached hydrogens (tertiary/aromatic N) is 2. The Morgan fingerprint density at radius 3 is 2.79 bits per heavy atom. The summed E-state index contributed by atoms with van der Waals surface area (Å²) in [5, 5.41) is 3.94. The summed E-state index contributed by atoms with van der Waals surface area (Å²) in [5.74, 6) is -0.241. The number of amides is 2. The number of anilines is 1. The summed E-state index contributed by atoms with van der Waals surface area (Å²) in [5.41, 5.74) is 1.82. The predicted molar refractivity (Wildman–Crippen MR) is 110 cm³/mol. The molecule has 1 atom stereocenters. The molecular formula is C21H21N3O3S. The van der Waals surface area contributed by atoms with Crippen molar-refractivity contribution in [3.05, 3.63) is 59.1 Å². The fourth-order valence-corrected chi connectivity index (χ4v) is 4.60. The van der Waals surface area contributed by atoms with Crippen LogP contribution in [0, 0.1) is 0 Å². The molecular weight excluding hydrogens is 374 g/mol. The van der Waals surface area contributed by atoms with Crippen molar-refractivity contribution in [2.45, 2.75) is 18.8 Å². The van der Waals surface area contributed by atoms with E-state index in [9.17, 15) is 9.59 Å². The van der Waals surface area contributed by atoms with Crippen molar-refractivity contribution in [1.82, 2.24) is 9.88 Å². The minimum absolute atomic E-state index is 0.206. The zero-order valence-electron chi connectivity index (χ0n) is 15.6. The maximum absolute atomic E-state index is 12.8. The van der Waals surface area contributed by atoms with Gasteiger partial charge >= 0.3 is 12.0 Å². The van der Waals surface area contributed by atoms with E-state index < -0.39 is 5.97 Å². The number of ether oxygens (including phenoxy) is 1. The molecule has 1 aliphatic heterocycles. The Kier molecular flexibility index (Phi) is 5.25. The number of carbonyl (C=O) groups is 2. The zero-order valence-corrected chi connectivity index (χ0v) is 16.4. The lowest BCUT2D eigenvalue weighted by Crippen LogP contribution is -2.41. The number of piperidine rings is 1.